The Hall–Kier alpha value is -0.850. The fourth-order valence-electron chi connectivity index (χ4n) is 0.782. The van der Waals surface area contributed by atoms with Gasteiger partial charge in [-0.2, -0.15) is 0 Å². The lowest BCUT2D eigenvalue weighted by atomic mass is 10.2. The third-order valence-electron chi connectivity index (χ3n) is 1.39. The van der Waals surface area contributed by atoms with Crippen LogP contribution in [0.5, 0.6) is 0 Å². The van der Waals surface area contributed by atoms with E-state index in [1.165, 1.54) is 25.3 Å². The Bertz CT molecular complexity index is 134. The first kappa shape index (κ1) is 10.2. The van der Waals surface area contributed by atoms with Crippen LogP contribution >= 0.6 is 0 Å². The smallest absolute Gasteiger partial charge is 0.225 e. The molecule has 0 spiro atoms. The molecule has 0 aliphatic rings. The van der Waals surface area contributed by atoms with E-state index in [1.807, 2.05) is 6.08 Å². The standard InChI is InChI=1S/C10H15O/c1-2-3-4-5-6-7-8-9-10-11/h6-9H,2-5H2,1H3. The highest BCUT2D eigenvalue weighted by atomic mass is 16.1. The minimum Gasteiger partial charge on any atom is -0.286 e. The van der Waals surface area contributed by atoms with Crippen molar-refractivity contribution in [1.29, 1.82) is 0 Å². The lowest BCUT2D eigenvalue weighted by molar-refractivity contribution is 0.564. The van der Waals surface area contributed by atoms with Crippen LogP contribution in [-0.2, 0) is 4.79 Å². The monoisotopic (exact) mass is 151 g/mol. The van der Waals surface area contributed by atoms with Gasteiger partial charge in [-0.25, -0.2) is 0 Å². The summed E-state index contributed by atoms with van der Waals surface area (Å²) in [5.74, 6) is 0. The van der Waals surface area contributed by atoms with Crippen molar-refractivity contribution in [3.63, 3.8) is 0 Å². The van der Waals surface area contributed by atoms with Crippen molar-refractivity contribution in [2.75, 3.05) is 0 Å². The van der Waals surface area contributed by atoms with E-state index in [-0.39, 0.29) is 0 Å². The van der Waals surface area contributed by atoms with Crippen LogP contribution in [0.1, 0.15) is 32.6 Å². The predicted molar refractivity (Wildman–Crippen MR) is 48.1 cm³/mol. The molecule has 0 aliphatic carbocycles. The topological polar surface area (TPSA) is 17.1 Å². The van der Waals surface area contributed by atoms with Gasteiger partial charge >= 0.3 is 0 Å². The number of carbonyl (C=O) groups excluding carboxylic acids is 1. The Balaban J connectivity index is 3.15. The van der Waals surface area contributed by atoms with Gasteiger partial charge in [-0.1, -0.05) is 38.0 Å². The third-order valence-corrected chi connectivity index (χ3v) is 1.39. The minimum absolute atomic E-state index is 1.11. The molecule has 0 fully saturated rings. The molecule has 0 rings (SSSR count). The van der Waals surface area contributed by atoms with Gasteiger partial charge in [-0.15, -0.1) is 0 Å². The van der Waals surface area contributed by atoms with E-state index in [4.69, 9.17) is 0 Å². The summed E-state index contributed by atoms with van der Waals surface area (Å²) in [5.41, 5.74) is 0. The fourth-order valence-corrected chi connectivity index (χ4v) is 0.782. The van der Waals surface area contributed by atoms with E-state index >= 15 is 0 Å². The zero-order chi connectivity index (χ0) is 8.36. The van der Waals surface area contributed by atoms with Crippen LogP contribution in [0.25, 0.3) is 0 Å². The van der Waals surface area contributed by atoms with Crippen molar-refractivity contribution in [3.05, 3.63) is 24.3 Å². The van der Waals surface area contributed by atoms with E-state index in [0.29, 0.717) is 0 Å². The molecule has 0 aromatic rings. The molecular formula is C10H15O. The van der Waals surface area contributed by atoms with E-state index in [0.717, 1.165) is 6.42 Å². The molecule has 0 unspecified atom stereocenters. The molecule has 1 heteroatoms. The van der Waals surface area contributed by atoms with Crippen LogP contribution in [0.3, 0.4) is 0 Å². The average molecular weight is 151 g/mol. The Labute approximate surface area is 68.8 Å². The lowest BCUT2D eigenvalue weighted by Gasteiger charge is -1.89. The normalized spacial score (nSPS) is 11.4. The summed E-state index contributed by atoms with van der Waals surface area (Å²) in [6.07, 6.45) is 13.6. The van der Waals surface area contributed by atoms with Gasteiger partial charge < -0.3 is 0 Å². The maximum absolute atomic E-state index is 9.69. The summed E-state index contributed by atoms with van der Waals surface area (Å²) in [4.78, 5) is 9.69. The first-order valence-electron chi connectivity index (χ1n) is 4.11. The summed E-state index contributed by atoms with van der Waals surface area (Å²) in [5, 5.41) is 0. The second kappa shape index (κ2) is 9.15. The van der Waals surface area contributed by atoms with E-state index in [9.17, 15) is 4.79 Å². The Morgan fingerprint density at radius 3 is 2.73 bits per heavy atom. The van der Waals surface area contributed by atoms with Gasteiger partial charge in [0.2, 0.25) is 6.29 Å². The molecule has 11 heavy (non-hydrogen) atoms. The molecule has 0 heterocycles. The minimum atomic E-state index is 1.11. The summed E-state index contributed by atoms with van der Waals surface area (Å²) >= 11 is 0. The molecule has 0 atom stereocenters. The van der Waals surface area contributed by atoms with Crippen molar-refractivity contribution in [1.82, 2.24) is 0 Å². The molecule has 0 aromatic carbocycles. The lowest BCUT2D eigenvalue weighted by Crippen LogP contribution is -1.69. The van der Waals surface area contributed by atoms with Crippen LogP contribution in [0.2, 0.25) is 0 Å². The molecule has 0 aromatic heterocycles. The van der Waals surface area contributed by atoms with Crippen LogP contribution in [0.15, 0.2) is 24.3 Å². The summed E-state index contributed by atoms with van der Waals surface area (Å²) in [6.45, 7) is 2.19. The summed E-state index contributed by atoms with van der Waals surface area (Å²) in [6, 6.07) is 0. The number of allylic oxidation sites excluding steroid dienone is 4. The van der Waals surface area contributed by atoms with E-state index in [2.05, 4.69) is 13.0 Å². The highest BCUT2D eigenvalue weighted by Gasteiger charge is 1.79. The molecule has 0 saturated carbocycles. The quantitative estimate of drug-likeness (QED) is 0.324. The van der Waals surface area contributed by atoms with Gasteiger partial charge in [-0.05, 0) is 18.9 Å². The molecule has 61 valence electrons. The average Bonchev–Trinajstić information content (AvgIpc) is 2.03. The zero-order valence-electron chi connectivity index (χ0n) is 7.05. The first-order chi connectivity index (χ1) is 5.41. The molecule has 0 aliphatic heterocycles. The fraction of sp³-hybridized carbons (Fsp3) is 0.500. The van der Waals surface area contributed by atoms with Crippen LogP contribution < -0.4 is 0 Å². The van der Waals surface area contributed by atoms with Crippen LogP contribution in [-0.4, -0.2) is 6.29 Å². The van der Waals surface area contributed by atoms with Gasteiger partial charge in [0.15, 0.2) is 0 Å². The highest BCUT2D eigenvalue weighted by Crippen LogP contribution is 1.99. The second-order valence-corrected chi connectivity index (χ2v) is 2.40. The number of hydrogen-bond donors (Lipinski definition) is 0. The van der Waals surface area contributed by atoms with Gasteiger partial charge in [-0.3, -0.25) is 4.79 Å². The molecule has 0 N–H and O–H groups in total. The molecule has 1 nitrogen and oxygen atoms in total. The van der Waals surface area contributed by atoms with Crippen molar-refractivity contribution in [2.24, 2.45) is 0 Å². The summed E-state index contributed by atoms with van der Waals surface area (Å²) < 4.78 is 0. The van der Waals surface area contributed by atoms with E-state index < -0.39 is 0 Å². The highest BCUT2D eigenvalue weighted by molar-refractivity contribution is 5.66. The second-order valence-electron chi connectivity index (χ2n) is 2.40. The molecule has 0 amide bonds. The van der Waals surface area contributed by atoms with Crippen molar-refractivity contribution < 1.29 is 4.79 Å². The van der Waals surface area contributed by atoms with Crippen molar-refractivity contribution >= 4 is 6.29 Å². The Kier molecular flexibility index (Phi) is 8.44. The Morgan fingerprint density at radius 1 is 1.27 bits per heavy atom. The SMILES string of the molecule is CCCCCC=CC=C[C]=O. The summed E-state index contributed by atoms with van der Waals surface area (Å²) in [7, 11) is 0. The Morgan fingerprint density at radius 2 is 2.09 bits per heavy atom. The van der Waals surface area contributed by atoms with Gasteiger partial charge in [0.1, 0.15) is 0 Å². The van der Waals surface area contributed by atoms with Gasteiger partial charge in [0.05, 0.1) is 0 Å². The molecule has 0 bridgehead atoms. The van der Waals surface area contributed by atoms with Crippen LogP contribution in [0, 0.1) is 0 Å². The maximum Gasteiger partial charge on any atom is 0.225 e. The van der Waals surface area contributed by atoms with Gasteiger partial charge in [0, 0.05) is 0 Å². The predicted octanol–water partition coefficient (Wildman–Crippen LogP) is 2.79. The number of rotatable bonds is 6. The van der Waals surface area contributed by atoms with Crippen LogP contribution in [0.4, 0.5) is 0 Å². The maximum atomic E-state index is 9.69. The third kappa shape index (κ3) is 9.15. The number of unbranched alkanes of at least 4 members (excludes halogenated alkanes) is 3. The van der Waals surface area contributed by atoms with Crippen molar-refractivity contribution in [2.45, 2.75) is 32.6 Å². The van der Waals surface area contributed by atoms with Crippen molar-refractivity contribution in [3.8, 4) is 0 Å². The largest absolute Gasteiger partial charge is 0.286 e. The molecular weight excluding hydrogens is 136 g/mol. The number of hydrogen-bond acceptors (Lipinski definition) is 1. The van der Waals surface area contributed by atoms with Gasteiger partial charge in [0.25, 0.3) is 0 Å². The molecule has 1 radical (unpaired) electrons. The van der Waals surface area contributed by atoms with E-state index in [1.54, 1.807) is 12.4 Å². The first-order valence-corrected chi connectivity index (χ1v) is 4.11. The zero-order valence-corrected chi connectivity index (χ0v) is 7.05. The molecule has 0 saturated heterocycles.